The average Bonchev–Trinajstić information content (AvgIpc) is 2.62. The van der Waals surface area contributed by atoms with E-state index >= 15 is 0 Å². The number of hydrogen-bond donors (Lipinski definition) is 0. The SMILES string of the molecule is CC1CN(C(=O)c2ccc([N+](=O)[O-])cc2)CCN1c1ccccc1. The Labute approximate surface area is 140 Å². The molecule has 1 unspecified atom stereocenters. The highest BCUT2D eigenvalue weighted by molar-refractivity contribution is 5.94. The van der Waals surface area contributed by atoms with Crippen LogP contribution in [-0.2, 0) is 0 Å². The average molecular weight is 325 g/mol. The number of nitrogens with zero attached hydrogens (tertiary/aromatic N) is 3. The zero-order chi connectivity index (χ0) is 17.1. The van der Waals surface area contributed by atoms with E-state index in [2.05, 4.69) is 24.0 Å². The Morgan fingerprint density at radius 1 is 1.08 bits per heavy atom. The van der Waals surface area contributed by atoms with Crippen molar-refractivity contribution < 1.29 is 9.72 Å². The smallest absolute Gasteiger partial charge is 0.269 e. The van der Waals surface area contributed by atoms with Gasteiger partial charge in [0.1, 0.15) is 0 Å². The minimum Gasteiger partial charge on any atom is -0.365 e. The number of para-hydroxylation sites is 1. The summed E-state index contributed by atoms with van der Waals surface area (Å²) in [6, 6.07) is 16.2. The van der Waals surface area contributed by atoms with Crippen LogP contribution in [0.3, 0.4) is 0 Å². The lowest BCUT2D eigenvalue weighted by molar-refractivity contribution is -0.384. The van der Waals surface area contributed by atoms with Crippen LogP contribution in [0.1, 0.15) is 17.3 Å². The minimum atomic E-state index is -0.463. The van der Waals surface area contributed by atoms with Crippen LogP contribution in [0.5, 0.6) is 0 Å². The summed E-state index contributed by atoms with van der Waals surface area (Å²) < 4.78 is 0. The largest absolute Gasteiger partial charge is 0.365 e. The van der Waals surface area contributed by atoms with Gasteiger partial charge in [0.2, 0.25) is 0 Å². The summed E-state index contributed by atoms with van der Waals surface area (Å²) in [6.07, 6.45) is 0. The zero-order valence-electron chi connectivity index (χ0n) is 13.5. The highest BCUT2D eigenvalue weighted by Gasteiger charge is 2.27. The van der Waals surface area contributed by atoms with Crippen molar-refractivity contribution in [2.75, 3.05) is 24.5 Å². The Hall–Kier alpha value is -2.89. The van der Waals surface area contributed by atoms with Gasteiger partial charge in [-0.25, -0.2) is 0 Å². The van der Waals surface area contributed by atoms with Crippen LogP contribution in [0.2, 0.25) is 0 Å². The summed E-state index contributed by atoms with van der Waals surface area (Å²) in [7, 11) is 0. The molecule has 1 heterocycles. The topological polar surface area (TPSA) is 66.7 Å². The van der Waals surface area contributed by atoms with Gasteiger partial charge in [-0.3, -0.25) is 14.9 Å². The first-order valence-corrected chi connectivity index (χ1v) is 7.91. The number of hydrogen-bond acceptors (Lipinski definition) is 4. The number of carbonyl (C=O) groups is 1. The molecule has 124 valence electrons. The van der Waals surface area contributed by atoms with Gasteiger partial charge in [0.05, 0.1) is 4.92 Å². The molecule has 0 aromatic heterocycles. The Morgan fingerprint density at radius 2 is 1.75 bits per heavy atom. The van der Waals surface area contributed by atoms with Crippen LogP contribution in [-0.4, -0.2) is 41.4 Å². The predicted octanol–water partition coefficient (Wildman–Crippen LogP) is 2.95. The zero-order valence-corrected chi connectivity index (χ0v) is 13.5. The molecule has 0 saturated carbocycles. The second-order valence-electron chi connectivity index (χ2n) is 5.93. The van der Waals surface area contributed by atoms with Gasteiger partial charge in [-0.2, -0.15) is 0 Å². The molecule has 24 heavy (non-hydrogen) atoms. The molecule has 1 amide bonds. The van der Waals surface area contributed by atoms with Crippen molar-refractivity contribution in [2.45, 2.75) is 13.0 Å². The van der Waals surface area contributed by atoms with Gasteiger partial charge in [-0.1, -0.05) is 18.2 Å². The maximum Gasteiger partial charge on any atom is 0.269 e. The number of amides is 1. The molecular weight excluding hydrogens is 306 g/mol. The van der Waals surface area contributed by atoms with Gasteiger partial charge in [-0.15, -0.1) is 0 Å². The molecule has 0 N–H and O–H groups in total. The van der Waals surface area contributed by atoms with E-state index in [9.17, 15) is 14.9 Å². The maximum absolute atomic E-state index is 12.6. The first kappa shape index (κ1) is 16.0. The van der Waals surface area contributed by atoms with E-state index in [0.717, 1.165) is 12.2 Å². The van der Waals surface area contributed by atoms with E-state index in [0.29, 0.717) is 18.7 Å². The first-order valence-electron chi connectivity index (χ1n) is 7.91. The van der Waals surface area contributed by atoms with Gasteiger partial charge in [-0.05, 0) is 31.2 Å². The van der Waals surface area contributed by atoms with Crippen LogP contribution < -0.4 is 4.90 Å². The molecule has 2 aromatic rings. The minimum absolute atomic E-state index is 0.00573. The lowest BCUT2D eigenvalue weighted by Gasteiger charge is -2.41. The van der Waals surface area contributed by atoms with E-state index in [1.165, 1.54) is 24.3 Å². The fraction of sp³-hybridized carbons (Fsp3) is 0.278. The van der Waals surface area contributed by atoms with Crippen LogP contribution in [0.4, 0.5) is 11.4 Å². The summed E-state index contributed by atoms with van der Waals surface area (Å²) in [4.78, 5) is 26.9. The Kier molecular flexibility index (Phi) is 4.46. The molecule has 2 aromatic carbocycles. The van der Waals surface area contributed by atoms with E-state index in [1.807, 2.05) is 23.1 Å². The van der Waals surface area contributed by atoms with Gasteiger partial charge >= 0.3 is 0 Å². The summed E-state index contributed by atoms with van der Waals surface area (Å²) in [5.41, 5.74) is 1.64. The fourth-order valence-electron chi connectivity index (χ4n) is 3.05. The number of nitro benzene ring substituents is 1. The normalized spacial score (nSPS) is 17.6. The number of benzene rings is 2. The number of carbonyl (C=O) groups excluding carboxylic acids is 1. The number of anilines is 1. The molecule has 1 aliphatic rings. The third kappa shape index (κ3) is 3.22. The van der Waals surface area contributed by atoms with Crippen molar-refractivity contribution >= 4 is 17.3 Å². The van der Waals surface area contributed by atoms with Crippen molar-refractivity contribution in [1.29, 1.82) is 0 Å². The van der Waals surface area contributed by atoms with E-state index in [-0.39, 0.29) is 17.6 Å². The van der Waals surface area contributed by atoms with Crippen molar-refractivity contribution in [3.63, 3.8) is 0 Å². The van der Waals surface area contributed by atoms with Gasteiger partial charge in [0.15, 0.2) is 0 Å². The van der Waals surface area contributed by atoms with Crippen molar-refractivity contribution in [2.24, 2.45) is 0 Å². The lowest BCUT2D eigenvalue weighted by atomic mass is 10.1. The van der Waals surface area contributed by atoms with Crippen molar-refractivity contribution in [3.05, 3.63) is 70.3 Å². The highest BCUT2D eigenvalue weighted by Crippen LogP contribution is 2.21. The summed E-state index contributed by atoms with van der Waals surface area (Å²) in [5.74, 6) is -0.0792. The molecule has 0 spiro atoms. The number of nitro groups is 1. The van der Waals surface area contributed by atoms with Gasteiger partial charge < -0.3 is 9.80 Å². The highest BCUT2D eigenvalue weighted by atomic mass is 16.6. The number of non-ortho nitro benzene ring substituents is 1. The molecule has 1 atom stereocenters. The van der Waals surface area contributed by atoms with E-state index in [1.54, 1.807) is 0 Å². The third-order valence-corrected chi connectivity index (χ3v) is 4.33. The van der Waals surface area contributed by atoms with Gasteiger partial charge in [0, 0.05) is 49.1 Å². The number of piperazine rings is 1. The molecule has 0 radical (unpaired) electrons. The third-order valence-electron chi connectivity index (χ3n) is 4.33. The molecule has 1 aliphatic heterocycles. The summed E-state index contributed by atoms with van der Waals surface area (Å²) >= 11 is 0. The molecule has 3 rings (SSSR count). The Balaban J connectivity index is 1.69. The first-order chi connectivity index (χ1) is 11.6. The number of rotatable bonds is 3. The molecule has 0 bridgehead atoms. The molecule has 6 nitrogen and oxygen atoms in total. The van der Waals surface area contributed by atoms with E-state index in [4.69, 9.17) is 0 Å². The summed E-state index contributed by atoms with van der Waals surface area (Å²) in [6.45, 7) is 4.13. The van der Waals surface area contributed by atoms with Crippen LogP contribution in [0.15, 0.2) is 54.6 Å². The summed E-state index contributed by atoms with van der Waals surface area (Å²) in [5, 5.41) is 10.7. The Bertz CT molecular complexity index is 731. The molecular formula is C18H19N3O3. The van der Waals surface area contributed by atoms with Crippen LogP contribution >= 0.6 is 0 Å². The maximum atomic E-state index is 12.6. The molecule has 6 heteroatoms. The standard InChI is InChI=1S/C18H19N3O3/c1-14-13-19(11-12-20(14)16-5-3-2-4-6-16)18(22)15-7-9-17(10-8-15)21(23)24/h2-10,14H,11-13H2,1H3. The molecule has 0 aliphatic carbocycles. The van der Waals surface area contributed by atoms with Gasteiger partial charge in [0.25, 0.3) is 11.6 Å². The van der Waals surface area contributed by atoms with E-state index < -0.39 is 4.92 Å². The second-order valence-corrected chi connectivity index (χ2v) is 5.93. The quantitative estimate of drug-likeness (QED) is 0.643. The monoisotopic (exact) mass is 325 g/mol. The second kappa shape index (κ2) is 6.70. The van der Waals surface area contributed by atoms with Crippen LogP contribution in [0.25, 0.3) is 0 Å². The molecule has 1 saturated heterocycles. The predicted molar refractivity (Wildman–Crippen MR) is 92.2 cm³/mol. The fourth-order valence-corrected chi connectivity index (χ4v) is 3.05. The van der Waals surface area contributed by atoms with Crippen molar-refractivity contribution in [3.8, 4) is 0 Å². The lowest BCUT2D eigenvalue weighted by Crippen LogP contribution is -2.53. The molecule has 1 fully saturated rings. The van der Waals surface area contributed by atoms with Crippen LogP contribution in [0, 0.1) is 10.1 Å². The Morgan fingerprint density at radius 3 is 2.33 bits per heavy atom. The van der Waals surface area contributed by atoms with Crippen molar-refractivity contribution in [1.82, 2.24) is 4.90 Å².